The molecule has 0 unspecified atom stereocenters. The van der Waals surface area contributed by atoms with E-state index in [0.29, 0.717) is 0 Å². The van der Waals surface area contributed by atoms with E-state index in [1.165, 1.54) is 6.26 Å². The van der Waals surface area contributed by atoms with Gasteiger partial charge >= 0.3 is 0 Å². The molecule has 92 valence electrons. The Bertz CT molecular complexity index is 569. The van der Waals surface area contributed by atoms with E-state index >= 15 is 0 Å². The minimum Gasteiger partial charge on any atom is -0.459 e. The number of hydrogen-bond donors (Lipinski definition) is 2. The quantitative estimate of drug-likeness (QED) is 0.629. The number of anilines is 1. The van der Waals surface area contributed by atoms with Gasteiger partial charge in [0, 0.05) is 3.57 Å². The molecule has 1 aromatic heterocycles. The fraction of sp³-hybridized carbons (Fsp3) is 0. The minimum absolute atomic E-state index is 0.224. The second-order valence-electron chi connectivity index (χ2n) is 3.37. The van der Waals surface area contributed by atoms with Gasteiger partial charge in [0.1, 0.15) is 0 Å². The number of thiocarbonyl (C=S) groups is 1. The molecule has 6 heteroatoms. The van der Waals surface area contributed by atoms with Gasteiger partial charge < -0.3 is 9.73 Å². The zero-order valence-electron chi connectivity index (χ0n) is 9.14. The molecule has 0 atom stereocenters. The summed E-state index contributed by atoms with van der Waals surface area (Å²) in [7, 11) is 0. The predicted molar refractivity (Wildman–Crippen MR) is 81.6 cm³/mol. The molecule has 0 spiro atoms. The molecule has 0 saturated carbocycles. The van der Waals surface area contributed by atoms with Crippen LogP contribution in [-0.4, -0.2) is 11.0 Å². The summed E-state index contributed by atoms with van der Waals surface area (Å²) in [4.78, 5) is 11.7. The molecule has 4 nitrogen and oxygen atoms in total. The van der Waals surface area contributed by atoms with E-state index in [1.807, 2.05) is 24.3 Å². The third-order valence-electron chi connectivity index (χ3n) is 2.09. The highest BCUT2D eigenvalue weighted by molar-refractivity contribution is 14.1. The first-order valence-electron chi connectivity index (χ1n) is 5.07. The number of carbonyl (C=O) groups is 1. The van der Waals surface area contributed by atoms with Gasteiger partial charge in [-0.25, -0.2) is 0 Å². The summed E-state index contributed by atoms with van der Waals surface area (Å²) in [6, 6.07) is 10.9. The van der Waals surface area contributed by atoms with E-state index in [-0.39, 0.29) is 16.8 Å². The van der Waals surface area contributed by atoms with Crippen molar-refractivity contribution in [1.29, 1.82) is 0 Å². The van der Waals surface area contributed by atoms with Crippen LogP contribution in [-0.2, 0) is 0 Å². The second kappa shape index (κ2) is 5.96. The summed E-state index contributed by atoms with van der Waals surface area (Å²) in [5.74, 6) is -0.148. The lowest BCUT2D eigenvalue weighted by Gasteiger charge is -2.09. The molecule has 0 aliphatic rings. The number of nitrogens with one attached hydrogen (secondary N) is 2. The normalized spacial score (nSPS) is 9.83. The maximum atomic E-state index is 11.7. The van der Waals surface area contributed by atoms with Crippen molar-refractivity contribution >= 4 is 51.5 Å². The van der Waals surface area contributed by atoms with Crippen molar-refractivity contribution in [2.45, 2.75) is 0 Å². The molecule has 0 aliphatic heterocycles. The van der Waals surface area contributed by atoms with Crippen LogP contribution in [0, 0.1) is 3.57 Å². The highest BCUT2D eigenvalue weighted by Gasteiger charge is 2.10. The molecule has 0 saturated heterocycles. The van der Waals surface area contributed by atoms with Crippen LogP contribution >= 0.6 is 34.8 Å². The molecule has 2 N–H and O–H groups in total. The maximum Gasteiger partial charge on any atom is 0.293 e. The molecule has 1 aromatic carbocycles. The first-order chi connectivity index (χ1) is 8.66. The fourth-order valence-electron chi connectivity index (χ4n) is 1.29. The zero-order chi connectivity index (χ0) is 13.0. The van der Waals surface area contributed by atoms with Gasteiger partial charge in [0.25, 0.3) is 5.91 Å². The van der Waals surface area contributed by atoms with Gasteiger partial charge in [0.15, 0.2) is 10.9 Å². The monoisotopic (exact) mass is 372 g/mol. The molecule has 18 heavy (non-hydrogen) atoms. The van der Waals surface area contributed by atoms with Crippen LogP contribution in [0.4, 0.5) is 5.69 Å². The summed E-state index contributed by atoms with van der Waals surface area (Å²) in [5.41, 5.74) is 0.850. The van der Waals surface area contributed by atoms with Crippen LogP contribution in [0.1, 0.15) is 10.6 Å². The Morgan fingerprint density at radius 3 is 2.67 bits per heavy atom. The molecule has 0 radical (unpaired) electrons. The molecule has 2 rings (SSSR count). The average molecular weight is 372 g/mol. The summed E-state index contributed by atoms with van der Waals surface area (Å²) < 4.78 is 5.99. The van der Waals surface area contributed by atoms with E-state index in [1.54, 1.807) is 12.1 Å². The van der Waals surface area contributed by atoms with E-state index in [2.05, 4.69) is 33.2 Å². The molecule has 1 amide bonds. The van der Waals surface area contributed by atoms with Crippen LogP contribution in [0.25, 0.3) is 0 Å². The molecule has 0 bridgehead atoms. The molecule has 1 heterocycles. The van der Waals surface area contributed by atoms with Crippen LogP contribution in [0.15, 0.2) is 47.1 Å². The van der Waals surface area contributed by atoms with Crippen molar-refractivity contribution in [3.05, 3.63) is 52.0 Å². The van der Waals surface area contributed by atoms with Crippen molar-refractivity contribution in [2.24, 2.45) is 0 Å². The zero-order valence-corrected chi connectivity index (χ0v) is 12.1. The van der Waals surface area contributed by atoms with Gasteiger partial charge in [-0.3, -0.25) is 10.1 Å². The summed E-state index contributed by atoms with van der Waals surface area (Å²) >= 11 is 7.24. The Labute approximate surface area is 123 Å². The number of furan rings is 1. The van der Waals surface area contributed by atoms with Gasteiger partial charge in [-0.15, -0.1) is 0 Å². The smallest absolute Gasteiger partial charge is 0.293 e. The summed E-state index contributed by atoms with van der Waals surface area (Å²) in [5, 5.41) is 5.73. The Morgan fingerprint density at radius 1 is 1.22 bits per heavy atom. The van der Waals surface area contributed by atoms with E-state index in [9.17, 15) is 4.79 Å². The van der Waals surface area contributed by atoms with Crippen molar-refractivity contribution in [1.82, 2.24) is 5.32 Å². The van der Waals surface area contributed by atoms with Gasteiger partial charge in [0.2, 0.25) is 0 Å². The molecule has 0 aliphatic carbocycles. The highest BCUT2D eigenvalue weighted by atomic mass is 127. The van der Waals surface area contributed by atoms with Crippen molar-refractivity contribution < 1.29 is 9.21 Å². The third-order valence-corrected chi connectivity index (χ3v) is 3.24. The molecular formula is C12H9IN2O2S. The topological polar surface area (TPSA) is 54.3 Å². The van der Waals surface area contributed by atoms with Crippen molar-refractivity contribution in [2.75, 3.05) is 5.32 Å². The van der Waals surface area contributed by atoms with Crippen LogP contribution < -0.4 is 10.6 Å². The maximum absolute atomic E-state index is 11.7. The SMILES string of the molecule is O=C(NC(=S)Nc1ccccc1I)c1ccco1. The first kappa shape index (κ1) is 13.0. The van der Waals surface area contributed by atoms with E-state index < -0.39 is 0 Å². The number of amides is 1. The lowest BCUT2D eigenvalue weighted by atomic mass is 10.3. The van der Waals surface area contributed by atoms with Gasteiger partial charge in [-0.05, 0) is 59.1 Å². The standard InChI is InChI=1S/C12H9IN2O2S/c13-8-4-1-2-5-9(8)14-12(18)15-11(16)10-6-3-7-17-10/h1-7H,(H2,14,15,16,18). The Balaban J connectivity index is 1.98. The van der Waals surface area contributed by atoms with Gasteiger partial charge in [-0.1, -0.05) is 12.1 Å². The minimum atomic E-state index is -0.372. The van der Waals surface area contributed by atoms with E-state index in [4.69, 9.17) is 16.6 Å². The van der Waals surface area contributed by atoms with Crippen LogP contribution in [0.2, 0.25) is 0 Å². The van der Waals surface area contributed by atoms with Crippen LogP contribution in [0.5, 0.6) is 0 Å². The first-order valence-corrected chi connectivity index (χ1v) is 6.56. The van der Waals surface area contributed by atoms with Crippen LogP contribution in [0.3, 0.4) is 0 Å². The van der Waals surface area contributed by atoms with Crippen molar-refractivity contribution in [3.8, 4) is 0 Å². The lowest BCUT2D eigenvalue weighted by molar-refractivity contribution is 0.0950. The number of benzene rings is 1. The molecule has 0 fully saturated rings. The largest absolute Gasteiger partial charge is 0.459 e. The number of rotatable bonds is 2. The average Bonchev–Trinajstić information content (AvgIpc) is 2.85. The van der Waals surface area contributed by atoms with Gasteiger partial charge in [0.05, 0.1) is 12.0 Å². The number of carbonyl (C=O) groups excluding carboxylic acids is 1. The highest BCUT2D eigenvalue weighted by Crippen LogP contribution is 2.16. The van der Waals surface area contributed by atoms with E-state index in [0.717, 1.165) is 9.26 Å². The summed E-state index contributed by atoms with van der Waals surface area (Å²) in [6.07, 6.45) is 1.44. The number of halogens is 1. The number of para-hydroxylation sites is 1. The number of hydrogen-bond acceptors (Lipinski definition) is 3. The fourth-order valence-corrected chi connectivity index (χ4v) is 2.01. The third kappa shape index (κ3) is 3.30. The Hall–Kier alpha value is -1.41. The lowest BCUT2D eigenvalue weighted by Crippen LogP contribution is -2.34. The molecule has 2 aromatic rings. The Kier molecular flexibility index (Phi) is 4.32. The predicted octanol–water partition coefficient (Wildman–Crippen LogP) is 3.01. The van der Waals surface area contributed by atoms with Crippen molar-refractivity contribution in [3.63, 3.8) is 0 Å². The summed E-state index contributed by atoms with van der Waals surface area (Å²) in [6.45, 7) is 0. The molecular weight excluding hydrogens is 363 g/mol. The second-order valence-corrected chi connectivity index (χ2v) is 4.94. The van der Waals surface area contributed by atoms with Gasteiger partial charge in [-0.2, -0.15) is 0 Å². The Morgan fingerprint density at radius 2 is 2.00 bits per heavy atom.